The van der Waals surface area contributed by atoms with Crippen molar-refractivity contribution in [3.8, 4) is 0 Å². The van der Waals surface area contributed by atoms with Gasteiger partial charge in [-0.3, -0.25) is 4.79 Å². The lowest BCUT2D eigenvalue weighted by atomic mass is 10.1. The molecule has 0 fully saturated rings. The van der Waals surface area contributed by atoms with Gasteiger partial charge in [0, 0.05) is 7.05 Å². The number of amides is 1. The Hall–Kier alpha value is -2.56. The minimum atomic E-state index is -1.03. The second-order valence-corrected chi connectivity index (χ2v) is 5.59. The molecule has 1 N–H and O–H groups in total. The van der Waals surface area contributed by atoms with Gasteiger partial charge >= 0.3 is 5.97 Å². The molecule has 0 aliphatic carbocycles. The highest BCUT2D eigenvalue weighted by Gasteiger charge is 2.17. The molecule has 23 heavy (non-hydrogen) atoms. The Labute approximate surface area is 135 Å². The molecule has 5 nitrogen and oxygen atoms in total. The van der Waals surface area contributed by atoms with Crippen molar-refractivity contribution in [3.05, 3.63) is 58.5 Å². The molecule has 1 aromatic carbocycles. The molecule has 5 heteroatoms. The number of hydrogen-bond acceptors (Lipinski definition) is 3. The maximum absolute atomic E-state index is 12.3. The largest absolute Gasteiger partial charge is 0.478 e. The van der Waals surface area contributed by atoms with Crippen LogP contribution >= 0.6 is 0 Å². The van der Waals surface area contributed by atoms with Crippen molar-refractivity contribution in [2.24, 2.45) is 0 Å². The number of likely N-dealkylation sites (N-methyl/N-ethyl adjacent to an activating group) is 1. The van der Waals surface area contributed by atoms with Crippen LogP contribution in [0.15, 0.2) is 34.7 Å². The summed E-state index contributed by atoms with van der Waals surface area (Å²) in [6.07, 6.45) is 1.25. The predicted molar refractivity (Wildman–Crippen MR) is 86.4 cm³/mol. The topological polar surface area (TPSA) is 70.8 Å². The third-order valence-electron chi connectivity index (χ3n) is 3.77. The second kappa shape index (κ2) is 7.13. The van der Waals surface area contributed by atoms with Gasteiger partial charge in [-0.2, -0.15) is 0 Å². The first-order chi connectivity index (χ1) is 10.9. The summed E-state index contributed by atoms with van der Waals surface area (Å²) < 4.78 is 5.41. The molecule has 0 unspecified atom stereocenters. The van der Waals surface area contributed by atoms with Crippen LogP contribution in [-0.4, -0.2) is 28.9 Å². The Balaban J connectivity index is 2.02. The summed E-state index contributed by atoms with van der Waals surface area (Å²) in [4.78, 5) is 24.9. The summed E-state index contributed by atoms with van der Waals surface area (Å²) in [6.45, 7) is 3.93. The van der Waals surface area contributed by atoms with Crippen molar-refractivity contribution in [1.82, 2.24) is 4.90 Å². The zero-order valence-electron chi connectivity index (χ0n) is 13.6. The maximum Gasteiger partial charge on any atom is 0.339 e. The van der Waals surface area contributed by atoms with Crippen molar-refractivity contribution in [2.45, 2.75) is 33.2 Å². The normalized spacial score (nSPS) is 10.6. The summed E-state index contributed by atoms with van der Waals surface area (Å²) in [5.41, 5.74) is 2.31. The summed E-state index contributed by atoms with van der Waals surface area (Å²) in [6, 6.07) is 9.43. The lowest BCUT2D eigenvalue weighted by Crippen LogP contribution is -2.27. The van der Waals surface area contributed by atoms with E-state index >= 15 is 0 Å². The third-order valence-corrected chi connectivity index (χ3v) is 3.77. The van der Waals surface area contributed by atoms with Crippen LogP contribution in [0.25, 0.3) is 0 Å². The highest BCUT2D eigenvalue weighted by atomic mass is 16.4. The van der Waals surface area contributed by atoms with E-state index in [9.17, 15) is 9.59 Å². The molecule has 0 aliphatic rings. The molecular formula is C18H21NO4. The van der Waals surface area contributed by atoms with Crippen molar-refractivity contribution < 1.29 is 19.1 Å². The van der Waals surface area contributed by atoms with E-state index in [0.717, 1.165) is 12.0 Å². The van der Waals surface area contributed by atoms with E-state index in [-0.39, 0.29) is 18.0 Å². The molecular weight excluding hydrogens is 294 g/mol. The molecule has 1 heterocycles. The van der Waals surface area contributed by atoms with Gasteiger partial charge in [0.05, 0.1) is 13.0 Å². The Morgan fingerprint density at radius 1 is 1.22 bits per heavy atom. The molecule has 0 radical (unpaired) electrons. The van der Waals surface area contributed by atoms with E-state index in [0.29, 0.717) is 17.9 Å². The van der Waals surface area contributed by atoms with Gasteiger partial charge in [0.1, 0.15) is 17.1 Å². The number of carbonyl (C=O) groups excluding carboxylic acids is 1. The Bertz CT molecular complexity index is 718. The molecule has 0 atom stereocenters. The first-order valence-electron chi connectivity index (χ1n) is 7.55. The highest BCUT2D eigenvalue weighted by Crippen LogP contribution is 2.16. The van der Waals surface area contributed by atoms with Gasteiger partial charge in [0.25, 0.3) is 0 Å². The van der Waals surface area contributed by atoms with Gasteiger partial charge in [-0.05, 0) is 30.5 Å². The average Bonchev–Trinajstić information content (AvgIpc) is 2.88. The van der Waals surface area contributed by atoms with E-state index in [1.807, 2.05) is 24.3 Å². The number of hydrogen-bond donors (Lipinski definition) is 1. The first kappa shape index (κ1) is 16.8. The minimum Gasteiger partial charge on any atom is -0.478 e. The average molecular weight is 315 g/mol. The van der Waals surface area contributed by atoms with Crippen LogP contribution in [0.3, 0.4) is 0 Å². The number of carbonyl (C=O) groups is 2. The van der Waals surface area contributed by atoms with Gasteiger partial charge in [0.15, 0.2) is 0 Å². The van der Waals surface area contributed by atoms with Crippen molar-refractivity contribution >= 4 is 11.9 Å². The van der Waals surface area contributed by atoms with Gasteiger partial charge in [-0.25, -0.2) is 4.79 Å². The fourth-order valence-corrected chi connectivity index (χ4v) is 2.42. The fourth-order valence-electron chi connectivity index (χ4n) is 2.42. The molecule has 0 aliphatic heterocycles. The van der Waals surface area contributed by atoms with Crippen LogP contribution in [0.5, 0.6) is 0 Å². The number of aryl methyl sites for hydroxylation is 2. The third kappa shape index (κ3) is 4.22. The number of benzene rings is 1. The van der Waals surface area contributed by atoms with E-state index in [4.69, 9.17) is 9.52 Å². The molecule has 0 saturated heterocycles. The SMILES string of the molecule is CCc1cccc(CC(=O)N(C)Cc2cc(C(=O)O)c(C)o2)c1. The van der Waals surface area contributed by atoms with Gasteiger partial charge in [-0.15, -0.1) is 0 Å². The van der Waals surface area contributed by atoms with Gasteiger partial charge in [-0.1, -0.05) is 31.2 Å². The number of rotatable bonds is 6. The van der Waals surface area contributed by atoms with Crippen molar-refractivity contribution in [2.75, 3.05) is 7.05 Å². The van der Waals surface area contributed by atoms with Crippen LogP contribution in [0.2, 0.25) is 0 Å². The number of furan rings is 1. The van der Waals surface area contributed by atoms with Crippen LogP contribution < -0.4 is 0 Å². The maximum atomic E-state index is 12.3. The summed E-state index contributed by atoms with van der Waals surface area (Å²) in [7, 11) is 1.68. The number of carboxylic acid groups (broad SMARTS) is 1. The predicted octanol–water partition coefficient (Wildman–Crippen LogP) is 3.05. The number of nitrogens with zero attached hydrogens (tertiary/aromatic N) is 1. The molecule has 0 spiro atoms. The zero-order valence-corrected chi connectivity index (χ0v) is 13.6. The number of aromatic carboxylic acids is 1. The van der Waals surface area contributed by atoms with Crippen LogP contribution in [0, 0.1) is 6.92 Å². The second-order valence-electron chi connectivity index (χ2n) is 5.59. The van der Waals surface area contributed by atoms with Crippen LogP contribution in [-0.2, 0) is 24.2 Å². The fraction of sp³-hybridized carbons (Fsp3) is 0.333. The lowest BCUT2D eigenvalue weighted by Gasteiger charge is -2.16. The summed E-state index contributed by atoms with van der Waals surface area (Å²) >= 11 is 0. The zero-order chi connectivity index (χ0) is 17.0. The highest BCUT2D eigenvalue weighted by molar-refractivity contribution is 5.88. The Kier molecular flexibility index (Phi) is 5.21. The van der Waals surface area contributed by atoms with Crippen molar-refractivity contribution in [1.29, 1.82) is 0 Å². The van der Waals surface area contributed by atoms with Crippen LogP contribution in [0.4, 0.5) is 0 Å². The van der Waals surface area contributed by atoms with Gasteiger partial charge in [0.2, 0.25) is 5.91 Å². The molecule has 1 aromatic heterocycles. The van der Waals surface area contributed by atoms with E-state index in [2.05, 4.69) is 6.92 Å². The lowest BCUT2D eigenvalue weighted by molar-refractivity contribution is -0.129. The Morgan fingerprint density at radius 3 is 2.52 bits per heavy atom. The summed E-state index contributed by atoms with van der Waals surface area (Å²) in [5, 5.41) is 9.03. The molecule has 122 valence electrons. The van der Waals surface area contributed by atoms with Crippen LogP contribution in [0.1, 0.15) is 39.9 Å². The van der Waals surface area contributed by atoms with E-state index < -0.39 is 5.97 Å². The van der Waals surface area contributed by atoms with Gasteiger partial charge < -0.3 is 14.4 Å². The number of carboxylic acids is 1. The van der Waals surface area contributed by atoms with Crippen molar-refractivity contribution in [3.63, 3.8) is 0 Å². The molecule has 0 saturated carbocycles. The quantitative estimate of drug-likeness (QED) is 0.889. The smallest absolute Gasteiger partial charge is 0.339 e. The minimum absolute atomic E-state index is 0.0378. The molecule has 2 rings (SSSR count). The standard InChI is InChI=1S/C18H21NO4/c1-4-13-6-5-7-14(8-13)9-17(20)19(3)11-15-10-16(18(21)22)12(2)23-15/h5-8,10H,4,9,11H2,1-3H3,(H,21,22). The first-order valence-corrected chi connectivity index (χ1v) is 7.55. The summed E-state index contributed by atoms with van der Waals surface area (Å²) in [5.74, 6) is -0.242. The molecule has 0 bridgehead atoms. The molecule has 1 amide bonds. The van der Waals surface area contributed by atoms with E-state index in [1.54, 1.807) is 18.9 Å². The monoisotopic (exact) mass is 315 g/mol. The van der Waals surface area contributed by atoms with E-state index in [1.165, 1.54) is 11.6 Å². The Morgan fingerprint density at radius 2 is 1.91 bits per heavy atom. The molecule has 2 aromatic rings.